The number of alkyl halides is 1. The predicted octanol–water partition coefficient (Wildman–Crippen LogP) is 2.57. The zero-order valence-corrected chi connectivity index (χ0v) is 15.5. The number of fused-ring (bicyclic) bond motifs is 1. The molecule has 1 saturated heterocycles. The van der Waals surface area contributed by atoms with Crippen LogP contribution >= 0.6 is 15.9 Å². The van der Waals surface area contributed by atoms with Crippen molar-refractivity contribution in [2.24, 2.45) is 0 Å². The van der Waals surface area contributed by atoms with Crippen molar-refractivity contribution < 1.29 is 19.1 Å². The van der Waals surface area contributed by atoms with Gasteiger partial charge in [-0.25, -0.2) is 0 Å². The van der Waals surface area contributed by atoms with Crippen LogP contribution in [0.4, 0.5) is 0 Å². The molecular formula is C17H21BrN2O4. The van der Waals surface area contributed by atoms with Gasteiger partial charge < -0.3 is 19.3 Å². The fourth-order valence-electron chi connectivity index (χ4n) is 3.29. The summed E-state index contributed by atoms with van der Waals surface area (Å²) in [6.07, 6.45) is 2.35. The average Bonchev–Trinajstić information content (AvgIpc) is 3.10. The molecule has 0 bridgehead atoms. The van der Waals surface area contributed by atoms with Crippen LogP contribution in [0.2, 0.25) is 0 Å². The Kier molecular flexibility index (Phi) is 4.99. The van der Waals surface area contributed by atoms with Crippen molar-refractivity contribution in [3.05, 3.63) is 23.3 Å². The van der Waals surface area contributed by atoms with Gasteiger partial charge in [-0.3, -0.25) is 9.59 Å². The maximum atomic E-state index is 12.7. The summed E-state index contributed by atoms with van der Waals surface area (Å²) in [6.45, 7) is 2.13. The Morgan fingerprint density at radius 2 is 1.88 bits per heavy atom. The number of likely N-dealkylation sites (tertiary alicyclic amines) is 1. The molecule has 3 rings (SSSR count). The SMILES string of the molecule is COc1cc2c(cc1OC)C(Br)N(CCCN1CCCC1=O)C2=O. The van der Waals surface area contributed by atoms with Crippen molar-refractivity contribution in [1.82, 2.24) is 9.80 Å². The molecular weight excluding hydrogens is 376 g/mol. The van der Waals surface area contributed by atoms with E-state index >= 15 is 0 Å². The first-order valence-corrected chi connectivity index (χ1v) is 8.97. The van der Waals surface area contributed by atoms with Gasteiger partial charge in [0.15, 0.2) is 11.5 Å². The highest BCUT2D eigenvalue weighted by Crippen LogP contribution is 2.43. The quantitative estimate of drug-likeness (QED) is 0.547. The molecule has 2 aliphatic heterocycles. The summed E-state index contributed by atoms with van der Waals surface area (Å²) in [6, 6.07) is 3.57. The molecule has 24 heavy (non-hydrogen) atoms. The Labute approximate surface area is 149 Å². The van der Waals surface area contributed by atoms with E-state index in [1.165, 1.54) is 0 Å². The predicted molar refractivity (Wildman–Crippen MR) is 92.7 cm³/mol. The second-order valence-corrected chi connectivity index (χ2v) is 6.83. The van der Waals surface area contributed by atoms with Gasteiger partial charge in [-0.1, -0.05) is 15.9 Å². The monoisotopic (exact) mass is 396 g/mol. The molecule has 1 fully saturated rings. The number of ether oxygens (including phenoxy) is 2. The van der Waals surface area contributed by atoms with Crippen LogP contribution in [0.3, 0.4) is 0 Å². The molecule has 1 atom stereocenters. The number of carbonyl (C=O) groups is 2. The molecule has 130 valence electrons. The highest BCUT2D eigenvalue weighted by molar-refractivity contribution is 9.09. The van der Waals surface area contributed by atoms with Crippen LogP contribution < -0.4 is 9.47 Å². The zero-order valence-electron chi connectivity index (χ0n) is 13.9. The van der Waals surface area contributed by atoms with E-state index < -0.39 is 0 Å². The van der Waals surface area contributed by atoms with E-state index in [1.54, 1.807) is 25.2 Å². The second-order valence-electron chi connectivity index (χ2n) is 5.97. The number of carbonyl (C=O) groups excluding carboxylic acids is 2. The van der Waals surface area contributed by atoms with Crippen molar-refractivity contribution >= 4 is 27.7 Å². The standard InChI is InChI=1S/C17H21BrN2O4/c1-23-13-9-11-12(10-14(13)24-2)17(22)20(16(11)18)8-4-7-19-6-3-5-15(19)21/h9-10,16H,3-8H2,1-2H3. The largest absolute Gasteiger partial charge is 0.493 e. The Hall–Kier alpha value is -1.76. The molecule has 2 amide bonds. The van der Waals surface area contributed by atoms with E-state index in [1.807, 2.05) is 11.0 Å². The summed E-state index contributed by atoms with van der Waals surface area (Å²) in [5.41, 5.74) is 1.52. The Balaban J connectivity index is 1.70. The van der Waals surface area contributed by atoms with Gasteiger partial charge in [0.2, 0.25) is 5.91 Å². The lowest BCUT2D eigenvalue weighted by molar-refractivity contribution is -0.127. The van der Waals surface area contributed by atoms with Crippen molar-refractivity contribution in [1.29, 1.82) is 0 Å². The molecule has 0 aliphatic carbocycles. The first kappa shape index (κ1) is 17.1. The number of methoxy groups -OCH3 is 2. The minimum atomic E-state index is -0.186. The molecule has 0 radical (unpaired) electrons. The second kappa shape index (κ2) is 7.01. The Morgan fingerprint density at radius 3 is 2.50 bits per heavy atom. The van der Waals surface area contributed by atoms with Crippen molar-refractivity contribution in [2.75, 3.05) is 33.9 Å². The van der Waals surface area contributed by atoms with Gasteiger partial charge in [-0.15, -0.1) is 0 Å². The third-order valence-electron chi connectivity index (χ3n) is 4.58. The van der Waals surface area contributed by atoms with Gasteiger partial charge in [0, 0.05) is 37.2 Å². The lowest BCUT2D eigenvalue weighted by Crippen LogP contribution is -2.31. The molecule has 1 aromatic rings. The lowest BCUT2D eigenvalue weighted by Gasteiger charge is -2.22. The maximum Gasteiger partial charge on any atom is 0.255 e. The van der Waals surface area contributed by atoms with Crippen LogP contribution in [0.25, 0.3) is 0 Å². The van der Waals surface area contributed by atoms with E-state index in [2.05, 4.69) is 15.9 Å². The summed E-state index contributed by atoms with van der Waals surface area (Å²) >= 11 is 3.61. The summed E-state index contributed by atoms with van der Waals surface area (Å²) in [5.74, 6) is 1.35. The Morgan fingerprint density at radius 1 is 1.17 bits per heavy atom. The van der Waals surface area contributed by atoms with Crippen molar-refractivity contribution in [3.8, 4) is 11.5 Å². The molecule has 6 nitrogen and oxygen atoms in total. The molecule has 0 N–H and O–H groups in total. The summed E-state index contributed by atoms with van der Waals surface area (Å²) in [4.78, 5) is 27.8. The van der Waals surface area contributed by atoms with Crippen LogP contribution in [0, 0.1) is 0 Å². The van der Waals surface area contributed by atoms with E-state index in [4.69, 9.17) is 9.47 Å². The minimum Gasteiger partial charge on any atom is -0.493 e. The number of hydrogen-bond donors (Lipinski definition) is 0. The summed E-state index contributed by atoms with van der Waals surface area (Å²) in [5, 5.41) is 0. The number of benzene rings is 1. The fraction of sp³-hybridized carbons (Fsp3) is 0.529. The van der Waals surface area contributed by atoms with E-state index in [0.29, 0.717) is 36.6 Å². The lowest BCUT2D eigenvalue weighted by atomic mass is 10.1. The van der Waals surface area contributed by atoms with Gasteiger partial charge in [-0.2, -0.15) is 0 Å². The minimum absolute atomic E-state index is 0.0272. The van der Waals surface area contributed by atoms with Crippen LogP contribution in [0.15, 0.2) is 12.1 Å². The number of halogens is 1. The third kappa shape index (κ3) is 2.97. The highest BCUT2D eigenvalue weighted by atomic mass is 79.9. The zero-order chi connectivity index (χ0) is 17.3. The number of nitrogens with zero attached hydrogens (tertiary/aromatic N) is 2. The molecule has 1 aromatic carbocycles. The third-order valence-corrected chi connectivity index (χ3v) is 5.56. The number of rotatable bonds is 6. The number of amides is 2. The van der Waals surface area contributed by atoms with Gasteiger partial charge in [-0.05, 0) is 25.0 Å². The van der Waals surface area contributed by atoms with Crippen LogP contribution in [-0.2, 0) is 4.79 Å². The van der Waals surface area contributed by atoms with Gasteiger partial charge in [0.1, 0.15) is 4.95 Å². The van der Waals surface area contributed by atoms with Crippen LogP contribution in [0.5, 0.6) is 11.5 Å². The van der Waals surface area contributed by atoms with Crippen LogP contribution in [-0.4, -0.2) is 55.5 Å². The topological polar surface area (TPSA) is 59.1 Å². The molecule has 7 heteroatoms. The van der Waals surface area contributed by atoms with E-state index in [0.717, 1.165) is 24.9 Å². The van der Waals surface area contributed by atoms with Gasteiger partial charge in [0.25, 0.3) is 5.91 Å². The first-order chi connectivity index (χ1) is 11.6. The number of hydrogen-bond acceptors (Lipinski definition) is 4. The smallest absolute Gasteiger partial charge is 0.255 e. The summed E-state index contributed by atoms with van der Waals surface area (Å²) in [7, 11) is 3.13. The normalized spacial score (nSPS) is 19.9. The van der Waals surface area contributed by atoms with E-state index in [9.17, 15) is 9.59 Å². The molecule has 2 aliphatic rings. The van der Waals surface area contributed by atoms with Gasteiger partial charge in [0.05, 0.1) is 14.2 Å². The van der Waals surface area contributed by atoms with Crippen molar-refractivity contribution in [3.63, 3.8) is 0 Å². The molecule has 1 unspecified atom stereocenters. The van der Waals surface area contributed by atoms with E-state index in [-0.39, 0.29) is 16.8 Å². The van der Waals surface area contributed by atoms with Crippen molar-refractivity contribution in [2.45, 2.75) is 24.2 Å². The first-order valence-electron chi connectivity index (χ1n) is 8.05. The fourth-order valence-corrected chi connectivity index (χ4v) is 4.06. The summed E-state index contributed by atoms with van der Waals surface area (Å²) < 4.78 is 10.6. The molecule has 0 spiro atoms. The van der Waals surface area contributed by atoms with Gasteiger partial charge >= 0.3 is 0 Å². The average molecular weight is 397 g/mol. The highest BCUT2D eigenvalue weighted by Gasteiger charge is 2.36. The maximum absolute atomic E-state index is 12.7. The molecule has 2 heterocycles. The van der Waals surface area contributed by atoms with Crippen LogP contribution in [0.1, 0.15) is 40.1 Å². The molecule has 0 saturated carbocycles. The Bertz CT molecular complexity index is 664. The molecule has 0 aromatic heterocycles.